The van der Waals surface area contributed by atoms with E-state index in [4.69, 9.17) is 0 Å². The third-order valence-corrected chi connectivity index (χ3v) is 3.45. The Morgan fingerprint density at radius 1 is 1.28 bits per heavy atom. The number of aryl methyl sites for hydroxylation is 1. The van der Waals surface area contributed by atoms with Gasteiger partial charge in [0.05, 0.1) is 0 Å². The van der Waals surface area contributed by atoms with E-state index in [0.29, 0.717) is 6.42 Å². The number of hydrogen-bond acceptors (Lipinski definition) is 2. The molecule has 1 aliphatic carbocycles. The summed E-state index contributed by atoms with van der Waals surface area (Å²) < 4.78 is 0. The van der Waals surface area contributed by atoms with Crippen LogP contribution in [0.5, 0.6) is 0 Å². The second-order valence-electron chi connectivity index (χ2n) is 4.80. The summed E-state index contributed by atoms with van der Waals surface area (Å²) in [6.07, 6.45) is 5.29. The molecule has 0 saturated carbocycles. The zero-order chi connectivity index (χ0) is 12.8. The summed E-state index contributed by atoms with van der Waals surface area (Å²) in [5.74, 6) is 0.106. The number of hydrogen-bond donors (Lipinski definition) is 2. The van der Waals surface area contributed by atoms with Gasteiger partial charge in [-0.3, -0.25) is 4.79 Å². The molecule has 0 saturated heterocycles. The summed E-state index contributed by atoms with van der Waals surface area (Å²) in [5, 5.41) is 6.22. The van der Waals surface area contributed by atoms with Crippen molar-refractivity contribution in [1.29, 1.82) is 0 Å². The molecule has 0 heterocycles. The molecule has 0 bridgehead atoms. The molecule has 0 unspecified atom stereocenters. The summed E-state index contributed by atoms with van der Waals surface area (Å²) >= 11 is 0. The van der Waals surface area contributed by atoms with E-state index >= 15 is 0 Å². The van der Waals surface area contributed by atoms with Gasteiger partial charge in [-0.05, 0) is 49.4 Å². The molecule has 2 N–H and O–H groups in total. The zero-order valence-electron chi connectivity index (χ0n) is 11.1. The van der Waals surface area contributed by atoms with E-state index in [9.17, 15) is 4.79 Å². The van der Waals surface area contributed by atoms with Gasteiger partial charge in [0.25, 0.3) is 0 Å². The van der Waals surface area contributed by atoms with Gasteiger partial charge in [-0.1, -0.05) is 19.1 Å². The third kappa shape index (κ3) is 3.33. The molecule has 3 nitrogen and oxygen atoms in total. The highest BCUT2D eigenvalue weighted by molar-refractivity contribution is 5.91. The number of anilines is 1. The Morgan fingerprint density at radius 2 is 2.11 bits per heavy atom. The molecule has 18 heavy (non-hydrogen) atoms. The van der Waals surface area contributed by atoms with Crippen molar-refractivity contribution in [2.24, 2.45) is 0 Å². The number of carbonyl (C=O) groups excluding carboxylic acids is 1. The lowest BCUT2D eigenvalue weighted by molar-refractivity contribution is -0.116. The summed E-state index contributed by atoms with van der Waals surface area (Å²) in [4.78, 5) is 11.8. The van der Waals surface area contributed by atoms with Gasteiger partial charge in [-0.15, -0.1) is 0 Å². The number of rotatable bonds is 5. The average molecular weight is 246 g/mol. The maximum atomic E-state index is 11.8. The number of fused-ring (bicyclic) bond motifs is 1. The van der Waals surface area contributed by atoms with Gasteiger partial charge in [0, 0.05) is 18.7 Å². The first kappa shape index (κ1) is 13.1. The van der Waals surface area contributed by atoms with Gasteiger partial charge >= 0.3 is 0 Å². The van der Waals surface area contributed by atoms with Crippen LogP contribution in [0.4, 0.5) is 5.69 Å². The van der Waals surface area contributed by atoms with Crippen LogP contribution in [0.25, 0.3) is 0 Å². The maximum absolute atomic E-state index is 11.8. The SMILES string of the molecule is CCNCCC(=O)Nc1cccc2c1CCCC2. The largest absolute Gasteiger partial charge is 0.326 e. The molecule has 2 rings (SSSR count). The number of nitrogens with one attached hydrogen (secondary N) is 2. The maximum Gasteiger partial charge on any atom is 0.225 e. The minimum atomic E-state index is 0.106. The smallest absolute Gasteiger partial charge is 0.225 e. The van der Waals surface area contributed by atoms with Crippen molar-refractivity contribution >= 4 is 11.6 Å². The fourth-order valence-electron chi connectivity index (χ4n) is 2.49. The predicted octanol–water partition coefficient (Wildman–Crippen LogP) is 2.50. The van der Waals surface area contributed by atoms with E-state index in [-0.39, 0.29) is 5.91 Å². The second kappa shape index (κ2) is 6.55. The van der Waals surface area contributed by atoms with Crippen molar-refractivity contribution in [3.63, 3.8) is 0 Å². The lowest BCUT2D eigenvalue weighted by atomic mass is 9.90. The molecule has 0 radical (unpaired) electrons. The molecule has 3 heteroatoms. The van der Waals surface area contributed by atoms with E-state index in [0.717, 1.165) is 31.6 Å². The molecule has 0 atom stereocenters. The minimum absolute atomic E-state index is 0.106. The molecule has 1 amide bonds. The first-order valence-electron chi connectivity index (χ1n) is 6.92. The van der Waals surface area contributed by atoms with Crippen LogP contribution in [-0.4, -0.2) is 19.0 Å². The van der Waals surface area contributed by atoms with Crippen LogP contribution in [0, 0.1) is 0 Å². The van der Waals surface area contributed by atoms with E-state index < -0.39 is 0 Å². The molecule has 0 aliphatic heterocycles. The molecule has 0 aromatic heterocycles. The van der Waals surface area contributed by atoms with E-state index in [1.807, 2.05) is 19.1 Å². The van der Waals surface area contributed by atoms with Gasteiger partial charge < -0.3 is 10.6 Å². The summed E-state index contributed by atoms with van der Waals surface area (Å²) in [6, 6.07) is 6.25. The Kier molecular flexibility index (Phi) is 4.76. The highest BCUT2D eigenvalue weighted by atomic mass is 16.1. The quantitative estimate of drug-likeness (QED) is 0.784. The summed E-state index contributed by atoms with van der Waals surface area (Å²) in [5.41, 5.74) is 3.78. The number of carbonyl (C=O) groups is 1. The van der Waals surface area contributed by atoms with Crippen LogP contribution < -0.4 is 10.6 Å². The van der Waals surface area contributed by atoms with Crippen molar-refractivity contribution in [2.45, 2.75) is 39.0 Å². The van der Waals surface area contributed by atoms with Crippen LogP contribution in [0.1, 0.15) is 37.3 Å². The van der Waals surface area contributed by atoms with Crippen molar-refractivity contribution in [3.8, 4) is 0 Å². The van der Waals surface area contributed by atoms with Gasteiger partial charge in [0.2, 0.25) is 5.91 Å². The van der Waals surface area contributed by atoms with E-state index in [1.54, 1.807) is 0 Å². The first-order chi connectivity index (χ1) is 8.81. The van der Waals surface area contributed by atoms with Gasteiger partial charge in [0.15, 0.2) is 0 Å². The number of benzene rings is 1. The lowest BCUT2D eigenvalue weighted by Gasteiger charge is -2.19. The van der Waals surface area contributed by atoms with Crippen LogP contribution >= 0.6 is 0 Å². The molecule has 0 spiro atoms. The Morgan fingerprint density at radius 3 is 2.94 bits per heavy atom. The third-order valence-electron chi connectivity index (χ3n) is 3.45. The van der Waals surface area contributed by atoms with Crippen molar-refractivity contribution < 1.29 is 4.79 Å². The second-order valence-corrected chi connectivity index (χ2v) is 4.80. The van der Waals surface area contributed by atoms with Crippen LogP contribution in [0.3, 0.4) is 0 Å². The Hall–Kier alpha value is -1.35. The zero-order valence-corrected chi connectivity index (χ0v) is 11.1. The van der Waals surface area contributed by atoms with Crippen molar-refractivity contribution in [1.82, 2.24) is 5.32 Å². The highest BCUT2D eigenvalue weighted by Crippen LogP contribution is 2.27. The predicted molar refractivity (Wildman–Crippen MR) is 74.9 cm³/mol. The monoisotopic (exact) mass is 246 g/mol. The topological polar surface area (TPSA) is 41.1 Å². The molecule has 1 aromatic carbocycles. The Bertz CT molecular complexity index is 415. The average Bonchev–Trinajstić information content (AvgIpc) is 2.39. The highest BCUT2D eigenvalue weighted by Gasteiger charge is 2.13. The van der Waals surface area contributed by atoms with Crippen LogP contribution in [-0.2, 0) is 17.6 Å². The molecule has 1 aromatic rings. The molecule has 98 valence electrons. The minimum Gasteiger partial charge on any atom is -0.326 e. The normalized spacial score (nSPS) is 14.1. The van der Waals surface area contributed by atoms with Crippen LogP contribution in [0.15, 0.2) is 18.2 Å². The molecular weight excluding hydrogens is 224 g/mol. The fourth-order valence-corrected chi connectivity index (χ4v) is 2.49. The fraction of sp³-hybridized carbons (Fsp3) is 0.533. The summed E-state index contributed by atoms with van der Waals surface area (Å²) in [7, 11) is 0. The standard InChI is InChI=1S/C15H22N2O/c1-2-16-11-10-15(18)17-14-9-5-7-12-6-3-4-8-13(12)14/h5,7,9,16H,2-4,6,8,10-11H2,1H3,(H,17,18). The van der Waals surface area contributed by atoms with E-state index in [1.165, 1.54) is 24.0 Å². The molecular formula is C15H22N2O. The van der Waals surface area contributed by atoms with Crippen molar-refractivity contribution in [2.75, 3.05) is 18.4 Å². The van der Waals surface area contributed by atoms with Crippen molar-refractivity contribution in [3.05, 3.63) is 29.3 Å². The van der Waals surface area contributed by atoms with Crippen LogP contribution in [0.2, 0.25) is 0 Å². The van der Waals surface area contributed by atoms with Gasteiger partial charge in [-0.2, -0.15) is 0 Å². The van der Waals surface area contributed by atoms with Gasteiger partial charge in [-0.25, -0.2) is 0 Å². The molecule has 1 aliphatic rings. The first-order valence-corrected chi connectivity index (χ1v) is 6.92. The van der Waals surface area contributed by atoms with E-state index in [2.05, 4.69) is 16.7 Å². The summed E-state index contributed by atoms with van der Waals surface area (Å²) in [6.45, 7) is 3.71. The number of amides is 1. The Balaban J connectivity index is 1.98. The molecule has 0 fully saturated rings. The Labute approximate surface area is 109 Å². The van der Waals surface area contributed by atoms with Gasteiger partial charge in [0.1, 0.15) is 0 Å². The lowest BCUT2D eigenvalue weighted by Crippen LogP contribution is -2.22.